The van der Waals surface area contributed by atoms with Gasteiger partial charge in [0.05, 0.1) is 11.4 Å². The van der Waals surface area contributed by atoms with Gasteiger partial charge in [0, 0.05) is 12.6 Å². The maximum Gasteiger partial charge on any atom is 0.276 e. The summed E-state index contributed by atoms with van der Waals surface area (Å²) in [5.41, 5.74) is 7.83. The molecule has 0 aromatic carbocycles. The number of hydrogen-bond donors (Lipinski definition) is 2. The lowest BCUT2D eigenvalue weighted by Gasteiger charge is -2.31. The summed E-state index contributed by atoms with van der Waals surface area (Å²) in [4.78, 5) is 14.6. The predicted octanol–water partition coefficient (Wildman–Crippen LogP) is 1.96. The zero-order valence-corrected chi connectivity index (χ0v) is 11.5. The van der Waals surface area contributed by atoms with E-state index in [1.807, 2.05) is 11.8 Å². The number of nitrogens with zero attached hydrogens (tertiary/aromatic N) is 2. The fraction of sp³-hybridized carbons (Fsp3) is 0.714. The summed E-state index contributed by atoms with van der Waals surface area (Å²) in [7, 11) is 0. The molecule has 5 nitrogen and oxygen atoms in total. The molecule has 0 bridgehead atoms. The lowest BCUT2D eigenvalue weighted by Crippen LogP contribution is -2.39. The summed E-state index contributed by atoms with van der Waals surface area (Å²) in [6.45, 7) is 2.87. The Hall–Kier alpha value is -1.52. The van der Waals surface area contributed by atoms with Crippen molar-refractivity contribution >= 4 is 11.6 Å². The largest absolute Gasteiger partial charge is 0.395 e. The van der Waals surface area contributed by atoms with Gasteiger partial charge in [-0.25, -0.2) is 0 Å². The van der Waals surface area contributed by atoms with Gasteiger partial charge in [0.15, 0.2) is 5.69 Å². The Morgan fingerprint density at radius 3 is 2.95 bits per heavy atom. The zero-order valence-electron chi connectivity index (χ0n) is 11.5. The maximum atomic E-state index is 12.6. The molecule has 5 heteroatoms. The van der Waals surface area contributed by atoms with Crippen LogP contribution in [-0.4, -0.2) is 33.6 Å². The Bertz CT molecular complexity index is 482. The van der Waals surface area contributed by atoms with Gasteiger partial charge in [-0.3, -0.25) is 9.89 Å². The molecule has 2 aliphatic rings. The molecule has 1 aliphatic carbocycles. The molecule has 3 N–H and O–H groups in total. The van der Waals surface area contributed by atoms with Crippen LogP contribution in [0.3, 0.4) is 0 Å². The minimum atomic E-state index is 0.0165. The average molecular weight is 262 g/mol. The second-order valence-corrected chi connectivity index (χ2v) is 5.72. The van der Waals surface area contributed by atoms with Gasteiger partial charge in [-0.2, -0.15) is 5.10 Å². The first-order valence-electron chi connectivity index (χ1n) is 7.36. The molecule has 2 unspecified atom stereocenters. The number of amides is 1. The van der Waals surface area contributed by atoms with Crippen LogP contribution in [0.4, 0.5) is 5.69 Å². The number of aryl methyl sites for hydroxylation is 1. The number of H-pyrrole nitrogens is 1. The molecule has 3 rings (SSSR count). The summed E-state index contributed by atoms with van der Waals surface area (Å²) in [5, 5.41) is 7.01. The van der Waals surface area contributed by atoms with Gasteiger partial charge >= 0.3 is 0 Å². The molecule has 104 valence electrons. The third kappa shape index (κ3) is 2.01. The summed E-state index contributed by atoms with van der Waals surface area (Å²) in [6.07, 6.45) is 6.88. The molecule has 1 aromatic rings. The number of nitrogens with one attached hydrogen (secondary N) is 1. The van der Waals surface area contributed by atoms with Gasteiger partial charge in [-0.15, -0.1) is 0 Å². The number of carbonyl (C=O) groups excluding carboxylic acids is 1. The minimum Gasteiger partial charge on any atom is -0.395 e. The molecular weight excluding hydrogens is 240 g/mol. The highest BCUT2D eigenvalue weighted by atomic mass is 16.2. The molecule has 1 aromatic heterocycles. The average Bonchev–Trinajstić information content (AvgIpc) is 3.01. The second kappa shape index (κ2) is 4.87. The molecule has 1 saturated carbocycles. The van der Waals surface area contributed by atoms with Crippen molar-refractivity contribution in [2.75, 3.05) is 12.3 Å². The van der Waals surface area contributed by atoms with E-state index in [2.05, 4.69) is 10.2 Å². The van der Waals surface area contributed by atoms with E-state index in [1.165, 1.54) is 19.3 Å². The topological polar surface area (TPSA) is 75.0 Å². The summed E-state index contributed by atoms with van der Waals surface area (Å²) in [5.74, 6) is 0.714. The van der Waals surface area contributed by atoms with E-state index in [-0.39, 0.29) is 5.91 Å². The van der Waals surface area contributed by atoms with Crippen LogP contribution in [0.5, 0.6) is 0 Å². The van der Waals surface area contributed by atoms with Crippen molar-refractivity contribution in [1.29, 1.82) is 0 Å². The number of nitrogens with two attached hydrogens (primary N) is 1. The Kier molecular flexibility index (Phi) is 3.21. The van der Waals surface area contributed by atoms with Crippen molar-refractivity contribution in [2.45, 2.75) is 51.5 Å². The Labute approximate surface area is 113 Å². The summed E-state index contributed by atoms with van der Waals surface area (Å²) < 4.78 is 0. The van der Waals surface area contributed by atoms with Crippen LogP contribution in [-0.2, 0) is 6.42 Å². The van der Waals surface area contributed by atoms with Gasteiger partial charge < -0.3 is 10.6 Å². The highest BCUT2D eigenvalue weighted by molar-refractivity contribution is 5.98. The molecule has 2 heterocycles. The standard InChI is InChI=1S/C14H22N4O/c1-2-10-12(15)13(17-16-10)14(19)18-8-7-9-5-3-4-6-11(9)18/h9,11H,2-8,15H2,1H3,(H,16,17). The molecule has 2 atom stereocenters. The lowest BCUT2D eigenvalue weighted by molar-refractivity contribution is 0.0685. The fourth-order valence-corrected chi connectivity index (χ4v) is 3.61. The highest BCUT2D eigenvalue weighted by Gasteiger charge is 2.39. The second-order valence-electron chi connectivity index (χ2n) is 5.72. The van der Waals surface area contributed by atoms with E-state index in [4.69, 9.17) is 5.73 Å². The van der Waals surface area contributed by atoms with E-state index in [0.717, 1.165) is 31.5 Å². The molecule has 0 radical (unpaired) electrons. The van der Waals surface area contributed by atoms with Crippen molar-refractivity contribution in [1.82, 2.24) is 15.1 Å². The van der Waals surface area contributed by atoms with Crippen LogP contribution in [0.2, 0.25) is 0 Å². The fourth-order valence-electron chi connectivity index (χ4n) is 3.61. The molecule has 0 spiro atoms. The number of aromatic amines is 1. The number of fused-ring (bicyclic) bond motifs is 1. The third-order valence-corrected chi connectivity index (χ3v) is 4.71. The first-order chi connectivity index (χ1) is 9.22. The van der Waals surface area contributed by atoms with Gasteiger partial charge in [0.25, 0.3) is 5.91 Å². The molecule has 1 aliphatic heterocycles. The van der Waals surface area contributed by atoms with Crippen molar-refractivity contribution in [3.63, 3.8) is 0 Å². The first kappa shape index (κ1) is 12.5. The minimum absolute atomic E-state index is 0.0165. The smallest absolute Gasteiger partial charge is 0.276 e. The van der Waals surface area contributed by atoms with E-state index in [1.54, 1.807) is 0 Å². The van der Waals surface area contributed by atoms with Crippen LogP contribution >= 0.6 is 0 Å². The van der Waals surface area contributed by atoms with Crippen LogP contribution in [0.15, 0.2) is 0 Å². The Balaban J connectivity index is 1.81. The maximum absolute atomic E-state index is 12.6. The van der Waals surface area contributed by atoms with Crippen molar-refractivity contribution in [3.8, 4) is 0 Å². The Morgan fingerprint density at radius 2 is 2.21 bits per heavy atom. The van der Waals surface area contributed by atoms with Crippen molar-refractivity contribution in [2.24, 2.45) is 5.92 Å². The summed E-state index contributed by atoms with van der Waals surface area (Å²) >= 11 is 0. The van der Waals surface area contributed by atoms with Gasteiger partial charge in [0.1, 0.15) is 0 Å². The van der Waals surface area contributed by atoms with Gasteiger partial charge in [-0.1, -0.05) is 19.8 Å². The molecule has 19 heavy (non-hydrogen) atoms. The van der Waals surface area contributed by atoms with E-state index in [0.29, 0.717) is 23.3 Å². The molecule has 1 saturated heterocycles. The van der Waals surface area contributed by atoms with E-state index >= 15 is 0 Å². The van der Waals surface area contributed by atoms with Gasteiger partial charge in [-0.05, 0) is 31.6 Å². The number of hydrogen-bond acceptors (Lipinski definition) is 3. The van der Waals surface area contributed by atoms with Crippen LogP contribution in [0, 0.1) is 5.92 Å². The number of carbonyl (C=O) groups is 1. The number of likely N-dealkylation sites (tertiary alicyclic amines) is 1. The highest BCUT2D eigenvalue weighted by Crippen LogP contribution is 2.37. The van der Waals surface area contributed by atoms with Crippen molar-refractivity contribution in [3.05, 3.63) is 11.4 Å². The van der Waals surface area contributed by atoms with E-state index < -0.39 is 0 Å². The quantitative estimate of drug-likeness (QED) is 0.855. The number of rotatable bonds is 2. The number of anilines is 1. The summed E-state index contributed by atoms with van der Waals surface area (Å²) in [6, 6.07) is 0.419. The normalized spacial score (nSPS) is 26.5. The van der Waals surface area contributed by atoms with Crippen LogP contribution in [0.25, 0.3) is 0 Å². The zero-order chi connectivity index (χ0) is 13.4. The van der Waals surface area contributed by atoms with Gasteiger partial charge in [0.2, 0.25) is 0 Å². The lowest BCUT2D eigenvalue weighted by atomic mass is 9.85. The van der Waals surface area contributed by atoms with Crippen LogP contribution < -0.4 is 5.73 Å². The third-order valence-electron chi connectivity index (χ3n) is 4.71. The molecule has 2 fully saturated rings. The first-order valence-corrected chi connectivity index (χ1v) is 7.36. The Morgan fingerprint density at radius 1 is 1.42 bits per heavy atom. The number of nitrogen functional groups attached to an aromatic ring is 1. The predicted molar refractivity (Wildman–Crippen MR) is 73.8 cm³/mol. The monoisotopic (exact) mass is 262 g/mol. The van der Waals surface area contributed by atoms with Crippen molar-refractivity contribution < 1.29 is 4.79 Å². The molecule has 1 amide bonds. The molecular formula is C14H22N4O. The SMILES string of the molecule is CCc1[nH]nc(C(=O)N2CCC3CCCCC32)c1N. The van der Waals surface area contributed by atoms with E-state index in [9.17, 15) is 4.79 Å². The number of aromatic nitrogens is 2. The van der Waals surface area contributed by atoms with Crippen LogP contribution in [0.1, 0.15) is 55.2 Å².